The monoisotopic (exact) mass is 156 g/mol. The van der Waals surface area contributed by atoms with Crippen LogP contribution in [0.1, 0.15) is 39.5 Å². The molecule has 1 fully saturated rings. The van der Waals surface area contributed by atoms with E-state index in [4.69, 9.17) is 4.74 Å². The van der Waals surface area contributed by atoms with Crippen molar-refractivity contribution in [1.82, 2.24) is 0 Å². The average molecular weight is 156 g/mol. The second-order valence-electron chi connectivity index (χ2n) is 3.35. The second kappa shape index (κ2) is 3.74. The molecule has 0 saturated carbocycles. The first-order valence-corrected chi connectivity index (χ1v) is 4.43. The van der Waals surface area contributed by atoms with Gasteiger partial charge < -0.3 is 4.74 Å². The number of rotatable bonds is 3. The van der Waals surface area contributed by atoms with Gasteiger partial charge in [0.05, 0.1) is 6.42 Å². The molecule has 64 valence electrons. The van der Waals surface area contributed by atoms with Crippen molar-refractivity contribution in [2.75, 3.05) is 0 Å². The van der Waals surface area contributed by atoms with E-state index in [1.54, 1.807) is 0 Å². The van der Waals surface area contributed by atoms with E-state index >= 15 is 0 Å². The highest BCUT2D eigenvalue weighted by atomic mass is 16.5. The predicted molar refractivity (Wildman–Crippen MR) is 43.2 cm³/mol. The summed E-state index contributed by atoms with van der Waals surface area (Å²) in [5.74, 6) is 0.424. The van der Waals surface area contributed by atoms with Crippen molar-refractivity contribution in [3.8, 4) is 0 Å². The number of unbranched alkanes of at least 4 members (excludes halogenated alkanes) is 1. The Hall–Kier alpha value is -0.530. The van der Waals surface area contributed by atoms with Crippen LogP contribution in [0.2, 0.25) is 0 Å². The van der Waals surface area contributed by atoms with Gasteiger partial charge in [-0.05, 0) is 6.42 Å². The summed E-state index contributed by atoms with van der Waals surface area (Å²) in [5.41, 5.74) is 0. The van der Waals surface area contributed by atoms with Gasteiger partial charge in [-0.3, -0.25) is 4.79 Å². The van der Waals surface area contributed by atoms with Crippen LogP contribution >= 0.6 is 0 Å². The van der Waals surface area contributed by atoms with Crippen molar-refractivity contribution < 1.29 is 9.53 Å². The van der Waals surface area contributed by atoms with Crippen LogP contribution in [-0.2, 0) is 9.53 Å². The topological polar surface area (TPSA) is 26.3 Å². The fraction of sp³-hybridized carbons (Fsp3) is 0.889. The Balaban J connectivity index is 2.28. The molecule has 0 N–H and O–H groups in total. The minimum absolute atomic E-state index is 0.0152. The lowest BCUT2D eigenvalue weighted by Crippen LogP contribution is -2.12. The van der Waals surface area contributed by atoms with Crippen molar-refractivity contribution in [2.24, 2.45) is 5.92 Å². The van der Waals surface area contributed by atoms with Gasteiger partial charge >= 0.3 is 5.97 Å². The van der Waals surface area contributed by atoms with E-state index in [9.17, 15) is 4.79 Å². The normalized spacial score (nSPS) is 30.5. The van der Waals surface area contributed by atoms with Crippen molar-refractivity contribution in [2.45, 2.75) is 45.6 Å². The largest absolute Gasteiger partial charge is 0.462 e. The third-order valence-corrected chi connectivity index (χ3v) is 2.25. The molecule has 0 bridgehead atoms. The molecule has 0 amide bonds. The maximum Gasteiger partial charge on any atom is 0.306 e. The summed E-state index contributed by atoms with van der Waals surface area (Å²) < 4.78 is 5.14. The first-order chi connectivity index (χ1) is 5.24. The van der Waals surface area contributed by atoms with E-state index in [2.05, 4.69) is 13.8 Å². The molecule has 1 aliphatic heterocycles. The quantitative estimate of drug-likeness (QED) is 0.585. The second-order valence-corrected chi connectivity index (χ2v) is 3.35. The third-order valence-electron chi connectivity index (χ3n) is 2.25. The molecule has 2 nitrogen and oxygen atoms in total. The summed E-state index contributed by atoms with van der Waals surface area (Å²) in [4.78, 5) is 10.8. The van der Waals surface area contributed by atoms with Gasteiger partial charge in [-0.15, -0.1) is 0 Å². The molecular weight excluding hydrogens is 140 g/mol. The number of hydrogen-bond donors (Lipinski definition) is 0. The highest BCUT2D eigenvalue weighted by Crippen LogP contribution is 2.25. The Morgan fingerprint density at radius 2 is 2.36 bits per heavy atom. The Morgan fingerprint density at radius 3 is 2.82 bits per heavy atom. The number of hydrogen-bond acceptors (Lipinski definition) is 2. The zero-order valence-electron chi connectivity index (χ0n) is 7.30. The van der Waals surface area contributed by atoms with Crippen molar-refractivity contribution in [3.63, 3.8) is 0 Å². The van der Waals surface area contributed by atoms with Crippen LogP contribution in [0.5, 0.6) is 0 Å². The predicted octanol–water partition coefficient (Wildman–Crippen LogP) is 2.13. The summed E-state index contributed by atoms with van der Waals surface area (Å²) in [6.07, 6.45) is 4.23. The van der Waals surface area contributed by atoms with Gasteiger partial charge in [0.2, 0.25) is 0 Å². The Kier molecular flexibility index (Phi) is 2.92. The van der Waals surface area contributed by atoms with E-state index < -0.39 is 0 Å². The van der Waals surface area contributed by atoms with Crippen LogP contribution in [-0.4, -0.2) is 12.1 Å². The number of esters is 1. The first-order valence-electron chi connectivity index (χ1n) is 4.43. The Morgan fingerprint density at radius 1 is 1.64 bits per heavy atom. The number of cyclic esters (lactones) is 1. The average Bonchev–Trinajstić information content (AvgIpc) is 2.26. The van der Waals surface area contributed by atoms with Gasteiger partial charge in [-0.1, -0.05) is 26.7 Å². The third kappa shape index (κ3) is 2.21. The number of carbonyl (C=O) groups is 1. The molecule has 0 aromatic heterocycles. The molecule has 1 aliphatic rings. The van der Waals surface area contributed by atoms with Crippen molar-refractivity contribution in [1.29, 1.82) is 0 Å². The smallest absolute Gasteiger partial charge is 0.306 e. The molecular formula is C9H16O2. The summed E-state index contributed by atoms with van der Waals surface area (Å²) in [7, 11) is 0. The van der Waals surface area contributed by atoms with Gasteiger partial charge in [0.15, 0.2) is 0 Å². The maximum atomic E-state index is 10.8. The molecule has 0 spiro atoms. The molecule has 2 heteroatoms. The summed E-state index contributed by atoms with van der Waals surface area (Å²) in [5, 5.41) is 0. The van der Waals surface area contributed by atoms with Gasteiger partial charge in [-0.25, -0.2) is 0 Å². The molecule has 0 aromatic rings. The van der Waals surface area contributed by atoms with E-state index in [0.29, 0.717) is 12.3 Å². The van der Waals surface area contributed by atoms with Crippen LogP contribution in [0, 0.1) is 5.92 Å². The lowest BCUT2D eigenvalue weighted by molar-refractivity contribution is -0.141. The Bertz CT molecular complexity index is 142. The molecule has 1 saturated heterocycles. The molecule has 0 aliphatic carbocycles. The number of ether oxygens (including phenoxy) is 1. The zero-order chi connectivity index (χ0) is 8.27. The lowest BCUT2D eigenvalue weighted by Gasteiger charge is -2.11. The van der Waals surface area contributed by atoms with Gasteiger partial charge in [0.25, 0.3) is 0 Å². The highest BCUT2D eigenvalue weighted by molar-refractivity contribution is 5.71. The fourth-order valence-corrected chi connectivity index (χ4v) is 1.48. The van der Waals surface area contributed by atoms with Crippen molar-refractivity contribution >= 4 is 5.97 Å². The van der Waals surface area contributed by atoms with Crippen LogP contribution in [0.4, 0.5) is 0 Å². The van der Waals surface area contributed by atoms with E-state index in [-0.39, 0.29) is 12.1 Å². The van der Waals surface area contributed by atoms with E-state index in [1.807, 2.05) is 0 Å². The fourth-order valence-electron chi connectivity index (χ4n) is 1.48. The van der Waals surface area contributed by atoms with Crippen LogP contribution in [0.25, 0.3) is 0 Å². The van der Waals surface area contributed by atoms with E-state index in [0.717, 1.165) is 6.42 Å². The molecule has 11 heavy (non-hydrogen) atoms. The molecule has 0 radical (unpaired) electrons. The first kappa shape index (κ1) is 8.57. The summed E-state index contributed by atoms with van der Waals surface area (Å²) >= 11 is 0. The minimum atomic E-state index is -0.0152. The minimum Gasteiger partial charge on any atom is -0.462 e. The van der Waals surface area contributed by atoms with Crippen LogP contribution < -0.4 is 0 Å². The molecule has 1 rings (SSSR count). The lowest BCUT2D eigenvalue weighted by atomic mass is 9.99. The van der Waals surface area contributed by atoms with Crippen LogP contribution in [0.15, 0.2) is 0 Å². The molecule has 1 heterocycles. The number of carbonyl (C=O) groups excluding carboxylic acids is 1. The zero-order valence-corrected chi connectivity index (χ0v) is 7.30. The van der Waals surface area contributed by atoms with Crippen LogP contribution in [0.3, 0.4) is 0 Å². The standard InChI is InChI=1S/C9H16O2/c1-3-4-5-8-7(2)6-9(10)11-8/h7-8H,3-6H2,1-2H3/t7-,8?/m1/s1. The molecule has 2 atom stereocenters. The van der Waals surface area contributed by atoms with Gasteiger partial charge in [0, 0.05) is 5.92 Å². The van der Waals surface area contributed by atoms with Gasteiger partial charge in [0.1, 0.15) is 6.10 Å². The van der Waals surface area contributed by atoms with Crippen molar-refractivity contribution in [3.05, 3.63) is 0 Å². The Labute approximate surface area is 67.9 Å². The van der Waals surface area contributed by atoms with Gasteiger partial charge in [-0.2, -0.15) is 0 Å². The SMILES string of the molecule is CCCCC1OC(=O)C[C@H]1C. The highest BCUT2D eigenvalue weighted by Gasteiger charge is 2.30. The molecule has 0 aromatic carbocycles. The molecule has 1 unspecified atom stereocenters. The van der Waals surface area contributed by atoms with E-state index in [1.165, 1.54) is 12.8 Å². The maximum absolute atomic E-state index is 10.8. The summed E-state index contributed by atoms with van der Waals surface area (Å²) in [6, 6.07) is 0. The summed E-state index contributed by atoms with van der Waals surface area (Å²) in [6.45, 7) is 4.24.